The van der Waals surface area contributed by atoms with Gasteiger partial charge in [0, 0.05) is 6.07 Å². The average molecular weight is 234 g/mol. The van der Waals surface area contributed by atoms with Crippen molar-refractivity contribution in [1.29, 1.82) is 0 Å². The summed E-state index contributed by atoms with van der Waals surface area (Å²) in [5.41, 5.74) is 2.91. The lowest BCUT2D eigenvalue weighted by molar-refractivity contribution is 0.162. The van der Waals surface area contributed by atoms with E-state index in [1.54, 1.807) is 11.3 Å². The van der Waals surface area contributed by atoms with E-state index in [0.29, 0.717) is 6.10 Å². The molecule has 3 nitrogen and oxygen atoms in total. The van der Waals surface area contributed by atoms with E-state index >= 15 is 0 Å². The summed E-state index contributed by atoms with van der Waals surface area (Å²) in [4.78, 5) is 4.30. The van der Waals surface area contributed by atoms with Crippen LogP contribution in [0.2, 0.25) is 0 Å². The fraction of sp³-hybridized carbons (Fsp3) is 0.417. The van der Waals surface area contributed by atoms with Gasteiger partial charge < -0.3 is 10.1 Å². The summed E-state index contributed by atoms with van der Waals surface area (Å²) in [7, 11) is 0. The normalized spacial score (nSPS) is 17.8. The zero-order chi connectivity index (χ0) is 10.8. The first-order chi connectivity index (χ1) is 7.92. The number of benzene rings is 1. The number of hydrogen-bond acceptors (Lipinski definition) is 4. The van der Waals surface area contributed by atoms with Gasteiger partial charge in [0.2, 0.25) is 0 Å². The standard InChI is InChI=1S/C12H14N2OS/c1-2-12-11(14-8-16-12)7-10(1)15-9-3-5-13-6-4-9/h1-2,7-9,13H,3-6H2. The Bertz CT molecular complexity index is 477. The van der Waals surface area contributed by atoms with Crippen molar-refractivity contribution in [3.63, 3.8) is 0 Å². The van der Waals surface area contributed by atoms with Crippen LogP contribution in [0.25, 0.3) is 10.2 Å². The van der Waals surface area contributed by atoms with Gasteiger partial charge in [0.25, 0.3) is 0 Å². The van der Waals surface area contributed by atoms with Crippen LogP contribution in [0.5, 0.6) is 5.75 Å². The lowest BCUT2D eigenvalue weighted by Gasteiger charge is -2.23. The molecule has 0 saturated carbocycles. The topological polar surface area (TPSA) is 34.1 Å². The highest BCUT2D eigenvalue weighted by Gasteiger charge is 2.14. The van der Waals surface area contributed by atoms with E-state index in [1.807, 2.05) is 17.6 Å². The van der Waals surface area contributed by atoms with Crippen LogP contribution in [-0.2, 0) is 0 Å². The minimum Gasteiger partial charge on any atom is -0.490 e. The zero-order valence-corrected chi connectivity index (χ0v) is 9.80. The Kier molecular flexibility index (Phi) is 2.76. The van der Waals surface area contributed by atoms with Gasteiger partial charge in [0.05, 0.1) is 15.7 Å². The highest BCUT2D eigenvalue weighted by molar-refractivity contribution is 7.16. The van der Waals surface area contributed by atoms with Crippen LogP contribution in [-0.4, -0.2) is 24.2 Å². The van der Waals surface area contributed by atoms with Gasteiger partial charge >= 0.3 is 0 Å². The first-order valence-electron chi connectivity index (χ1n) is 5.62. The number of rotatable bonds is 2. The molecule has 0 unspecified atom stereocenters. The maximum atomic E-state index is 5.96. The Morgan fingerprint density at radius 1 is 1.31 bits per heavy atom. The number of thiazole rings is 1. The van der Waals surface area contributed by atoms with E-state index < -0.39 is 0 Å². The molecular formula is C12H14N2OS. The highest BCUT2D eigenvalue weighted by atomic mass is 32.1. The molecule has 1 fully saturated rings. The van der Waals surface area contributed by atoms with Crippen LogP contribution in [0, 0.1) is 0 Å². The Morgan fingerprint density at radius 2 is 2.19 bits per heavy atom. The number of nitrogens with zero attached hydrogens (tertiary/aromatic N) is 1. The summed E-state index contributed by atoms with van der Waals surface area (Å²) >= 11 is 1.67. The Hall–Kier alpha value is -1.13. The van der Waals surface area contributed by atoms with Crippen molar-refractivity contribution in [3.8, 4) is 5.75 Å². The fourth-order valence-electron chi connectivity index (χ4n) is 2.02. The quantitative estimate of drug-likeness (QED) is 0.866. The molecular weight excluding hydrogens is 220 g/mol. The van der Waals surface area contributed by atoms with Gasteiger partial charge in [0.1, 0.15) is 11.9 Å². The van der Waals surface area contributed by atoms with Crippen LogP contribution in [0.4, 0.5) is 0 Å². The maximum absolute atomic E-state index is 5.96. The third kappa shape index (κ3) is 2.03. The molecule has 0 aliphatic carbocycles. The second-order valence-corrected chi connectivity index (χ2v) is 4.94. The molecule has 0 spiro atoms. The van der Waals surface area contributed by atoms with Crippen LogP contribution in [0.1, 0.15) is 12.8 Å². The summed E-state index contributed by atoms with van der Waals surface area (Å²) in [6, 6.07) is 6.17. The summed E-state index contributed by atoms with van der Waals surface area (Å²) in [6.45, 7) is 2.12. The molecule has 0 amide bonds. The second kappa shape index (κ2) is 4.39. The van der Waals surface area contributed by atoms with E-state index in [9.17, 15) is 0 Å². The number of nitrogens with one attached hydrogen (secondary N) is 1. The second-order valence-electron chi connectivity index (χ2n) is 4.05. The predicted molar refractivity (Wildman–Crippen MR) is 66.1 cm³/mol. The van der Waals surface area contributed by atoms with Gasteiger partial charge in [-0.25, -0.2) is 4.98 Å². The average Bonchev–Trinajstić information content (AvgIpc) is 2.77. The van der Waals surface area contributed by atoms with Gasteiger partial charge in [-0.15, -0.1) is 11.3 Å². The van der Waals surface area contributed by atoms with Crippen molar-refractivity contribution in [2.24, 2.45) is 0 Å². The van der Waals surface area contributed by atoms with E-state index in [2.05, 4.69) is 16.4 Å². The molecule has 1 aliphatic heterocycles. The maximum Gasteiger partial charge on any atom is 0.121 e. The molecule has 1 N–H and O–H groups in total. The first-order valence-corrected chi connectivity index (χ1v) is 6.50. The van der Waals surface area contributed by atoms with Crippen molar-refractivity contribution in [1.82, 2.24) is 10.3 Å². The molecule has 4 heteroatoms. The minimum atomic E-state index is 0.359. The molecule has 1 aromatic heterocycles. The molecule has 0 bridgehead atoms. The van der Waals surface area contributed by atoms with Gasteiger partial charge in [-0.2, -0.15) is 0 Å². The fourth-order valence-corrected chi connectivity index (χ4v) is 2.68. The van der Waals surface area contributed by atoms with E-state index in [0.717, 1.165) is 37.2 Å². The number of fused-ring (bicyclic) bond motifs is 1. The smallest absolute Gasteiger partial charge is 0.121 e. The van der Waals surface area contributed by atoms with Crippen molar-refractivity contribution < 1.29 is 4.74 Å². The summed E-state index contributed by atoms with van der Waals surface area (Å²) in [6.07, 6.45) is 2.54. The number of piperidine rings is 1. The predicted octanol–water partition coefficient (Wildman–Crippen LogP) is 2.43. The minimum absolute atomic E-state index is 0.359. The molecule has 3 rings (SSSR count). The lowest BCUT2D eigenvalue weighted by atomic mass is 10.1. The molecule has 0 atom stereocenters. The van der Waals surface area contributed by atoms with Crippen LogP contribution in [0.3, 0.4) is 0 Å². The summed E-state index contributed by atoms with van der Waals surface area (Å²) in [5.74, 6) is 0.949. The van der Waals surface area contributed by atoms with Gasteiger partial charge in [-0.3, -0.25) is 0 Å². The van der Waals surface area contributed by atoms with E-state index in [4.69, 9.17) is 4.74 Å². The van der Waals surface area contributed by atoms with E-state index in [-0.39, 0.29) is 0 Å². The van der Waals surface area contributed by atoms with Crippen LogP contribution in [0.15, 0.2) is 23.7 Å². The van der Waals surface area contributed by atoms with Crippen molar-refractivity contribution in [2.75, 3.05) is 13.1 Å². The Labute approximate surface area is 98.5 Å². The monoisotopic (exact) mass is 234 g/mol. The SMILES string of the molecule is c1nc2cc(OC3CCNCC3)ccc2s1. The van der Waals surface area contributed by atoms with Crippen molar-refractivity contribution in [2.45, 2.75) is 18.9 Å². The Balaban J connectivity index is 1.77. The van der Waals surface area contributed by atoms with Crippen molar-refractivity contribution >= 4 is 21.6 Å². The van der Waals surface area contributed by atoms with Gasteiger partial charge in [-0.1, -0.05) is 0 Å². The van der Waals surface area contributed by atoms with Crippen LogP contribution < -0.4 is 10.1 Å². The molecule has 1 aliphatic rings. The lowest BCUT2D eigenvalue weighted by Crippen LogP contribution is -2.34. The van der Waals surface area contributed by atoms with Crippen LogP contribution >= 0.6 is 11.3 Å². The van der Waals surface area contributed by atoms with Gasteiger partial charge in [-0.05, 0) is 38.1 Å². The largest absolute Gasteiger partial charge is 0.490 e. The molecule has 0 radical (unpaired) electrons. The van der Waals surface area contributed by atoms with Gasteiger partial charge in [0.15, 0.2) is 0 Å². The molecule has 16 heavy (non-hydrogen) atoms. The number of hydrogen-bond donors (Lipinski definition) is 1. The highest BCUT2D eigenvalue weighted by Crippen LogP contribution is 2.24. The Morgan fingerprint density at radius 3 is 3.06 bits per heavy atom. The first kappa shape index (κ1) is 10.1. The molecule has 2 heterocycles. The summed E-state index contributed by atoms with van der Waals surface area (Å²) < 4.78 is 7.18. The number of ether oxygens (including phenoxy) is 1. The molecule has 1 aromatic carbocycles. The third-order valence-electron chi connectivity index (χ3n) is 2.89. The molecule has 84 valence electrons. The van der Waals surface area contributed by atoms with Crippen molar-refractivity contribution in [3.05, 3.63) is 23.7 Å². The molecule has 2 aromatic rings. The van der Waals surface area contributed by atoms with E-state index in [1.165, 1.54) is 4.70 Å². The zero-order valence-electron chi connectivity index (χ0n) is 8.98. The molecule has 1 saturated heterocycles. The number of aromatic nitrogens is 1. The summed E-state index contributed by atoms with van der Waals surface area (Å²) in [5, 5.41) is 3.34. The third-order valence-corrected chi connectivity index (χ3v) is 3.70.